The van der Waals surface area contributed by atoms with Gasteiger partial charge >= 0.3 is 0 Å². The Kier molecular flexibility index (Phi) is 2.49. The molecule has 0 spiro atoms. The molecule has 5 rings (SSSR count). The van der Waals surface area contributed by atoms with Crippen LogP contribution < -0.4 is 5.32 Å². The maximum absolute atomic E-state index is 3.63. The number of para-hydroxylation sites is 1. The first-order chi connectivity index (χ1) is 10.9. The first-order valence-electron chi connectivity index (χ1n) is 7.38. The molecule has 0 aliphatic carbocycles. The summed E-state index contributed by atoms with van der Waals surface area (Å²) in [6.07, 6.45) is 0. The van der Waals surface area contributed by atoms with Crippen molar-refractivity contribution in [3.8, 4) is 0 Å². The van der Waals surface area contributed by atoms with Gasteiger partial charge in [0.1, 0.15) is 0 Å². The maximum Gasteiger partial charge on any atom is 0.0606 e. The Balaban J connectivity index is 1.82. The molecule has 0 radical (unpaired) electrons. The fourth-order valence-corrected chi connectivity index (χ4v) is 4.21. The molecule has 104 valence electrons. The molecule has 4 aromatic carbocycles. The van der Waals surface area contributed by atoms with Gasteiger partial charge in [-0.2, -0.15) is 0 Å². The lowest BCUT2D eigenvalue weighted by molar-refractivity contribution is 1.33. The Labute approximate surface area is 133 Å². The second kappa shape index (κ2) is 4.52. The summed E-state index contributed by atoms with van der Waals surface area (Å²) >= 11 is 1.84. The lowest BCUT2D eigenvalue weighted by atomic mass is 10.0. The van der Waals surface area contributed by atoms with Crippen molar-refractivity contribution in [2.45, 2.75) is 9.79 Å². The normalized spacial score (nSPS) is 12.7. The van der Waals surface area contributed by atoms with E-state index in [0.29, 0.717) is 0 Å². The van der Waals surface area contributed by atoms with Crippen LogP contribution in [0.1, 0.15) is 0 Å². The van der Waals surface area contributed by atoms with Crippen LogP contribution in [0.4, 0.5) is 11.4 Å². The van der Waals surface area contributed by atoms with Crippen LogP contribution in [0.3, 0.4) is 0 Å². The van der Waals surface area contributed by atoms with Gasteiger partial charge in [0, 0.05) is 15.2 Å². The van der Waals surface area contributed by atoms with Gasteiger partial charge < -0.3 is 5.32 Å². The topological polar surface area (TPSA) is 12.0 Å². The van der Waals surface area contributed by atoms with Crippen LogP contribution >= 0.6 is 11.8 Å². The molecule has 0 atom stereocenters. The van der Waals surface area contributed by atoms with Gasteiger partial charge in [-0.25, -0.2) is 0 Å². The summed E-state index contributed by atoms with van der Waals surface area (Å²) in [6.45, 7) is 0. The molecule has 0 saturated heterocycles. The summed E-state index contributed by atoms with van der Waals surface area (Å²) < 4.78 is 0. The molecule has 0 unspecified atom stereocenters. The van der Waals surface area contributed by atoms with E-state index in [2.05, 4.69) is 78.1 Å². The van der Waals surface area contributed by atoms with E-state index in [-0.39, 0.29) is 0 Å². The van der Waals surface area contributed by atoms with Crippen molar-refractivity contribution in [1.82, 2.24) is 0 Å². The van der Waals surface area contributed by atoms with Gasteiger partial charge in [-0.1, -0.05) is 66.4 Å². The number of hydrogen-bond donors (Lipinski definition) is 1. The Hall–Kier alpha value is -2.45. The van der Waals surface area contributed by atoms with Crippen LogP contribution in [0.2, 0.25) is 0 Å². The Morgan fingerprint density at radius 1 is 0.591 bits per heavy atom. The number of rotatable bonds is 0. The second-order valence-corrected chi connectivity index (χ2v) is 6.63. The number of fused-ring (bicyclic) bond motifs is 6. The fraction of sp³-hybridized carbons (Fsp3) is 0. The van der Waals surface area contributed by atoms with E-state index >= 15 is 0 Å². The van der Waals surface area contributed by atoms with Gasteiger partial charge in [-0.3, -0.25) is 0 Å². The van der Waals surface area contributed by atoms with Crippen molar-refractivity contribution in [2.24, 2.45) is 0 Å². The van der Waals surface area contributed by atoms with Gasteiger partial charge in [-0.15, -0.1) is 0 Å². The van der Waals surface area contributed by atoms with Gasteiger partial charge in [0.05, 0.1) is 11.4 Å². The monoisotopic (exact) mass is 299 g/mol. The molecule has 4 aromatic rings. The molecule has 0 amide bonds. The van der Waals surface area contributed by atoms with E-state index in [1.165, 1.54) is 42.7 Å². The third kappa shape index (κ3) is 1.68. The summed E-state index contributed by atoms with van der Waals surface area (Å²) in [4.78, 5) is 2.58. The highest BCUT2D eigenvalue weighted by Gasteiger charge is 2.17. The van der Waals surface area contributed by atoms with E-state index in [0.717, 1.165) is 0 Å². The summed E-state index contributed by atoms with van der Waals surface area (Å²) in [5.41, 5.74) is 2.42. The molecule has 2 heteroatoms. The van der Waals surface area contributed by atoms with Crippen LogP contribution in [-0.4, -0.2) is 0 Å². The minimum Gasteiger partial charge on any atom is -0.353 e. The average Bonchev–Trinajstić information content (AvgIpc) is 2.59. The molecule has 1 heterocycles. The van der Waals surface area contributed by atoms with E-state index in [9.17, 15) is 0 Å². The minimum absolute atomic E-state index is 1.20. The van der Waals surface area contributed by atoms with Gasteiger partial charge in [0.2, 0.25) is 0 Å². The molecule has 0 fully saturated rings. The largest absolute Gasteiger partial charge is 0.353 e. The summed E-state index contributed by atoms with van der Waals surface area (Å²) in [5.74, 6) is 0. The zero-order valence-corrected chi connectivity index (χ0v) is 12.7. The first kappa shape index (κ1) is 12.1. The molecule has 0 aromatic heterocycles. The smallest absolute Gasteiger partial charge is 0.0606 e. The van der Waals surface area contributed by atoms with Crippen molar-refractivity contribution >= 4 is 44.7 Å². The van der Waals surface area contributed by atoms with Crippen LogP contribution in [-0.2, 0) is 0 Å². The predicted octanol–water partition coefficient (Wildman–Crippen LogP) is 6.20. The van der Waals surface area contributed by atoms with Crippen LogP contribution in [0.15, 0.2) is 82.6 Å². The van der Waals surface area contributed by atoms with Crippen molar-refractivity contribution < 1.29 is 0 Å². The number of benzene rings is 4. The van der Waals surface area contributed by atoms with E-state index in [1.807, 2.05) is 11.8 Å². The maximum atomic E-state index is 3.63. The molecule has 1 aliphatic rings. The van der Waals surface area contributed by atoms with Crippen LogP contribution in [0.25, 0.3) is 21.5 Å². The van der Waals surface area contributed by atoms with Crippen molar-refractivity contribution in [1.29, 1.82) is 0 Å². The predicted molar refractivity (Wildman–Crippen MR) is 95.3 cm³/mol. The number of nitrogens with one attached hydrogen (secondary N) is 1. The van der Waals surface area contributed by atoms with Gasteiger partial charge in [0.25, 0.3) is 0 Å². The third-order valence-electron chi connectivity index (χ3n) is 4.25. The quantitative estimate of drug-likeness (QED) is 0.342. The third-order valence-corrected chi connectivity index (χ3v) is 5.39. The Morgan fingerprint density at radius 3 is 2.41 bits per heavy atom. The van der Waals surface area contributed by atoms with Gasteiger partial charge in [0.15, 0.2) is 0 Å². The molecule has 0 saturated carbocycles. The summed E-state index contributed by atoms with van der Waals surface area (Å²) in [5, 5.41) is 8.83. The molecular weight excluding hydrogens is 286 g/mol. The zero-order chi connectivity index (χ0) is 14.5. The fourth-order valence-electron chi connectivity index (χ4n) is 3.19. The molecule has 1 aliphatic heterocycles. The minimum atomic E-state index is 1.20. The Morgan fingerprint density at radius 2 is 1.41 bits per heavy atom. The molecule has 22 heavy (non-hydrogen) atoms. The van der Waals surface area contributed by atoms with Crippen molar-refractivity contribution in [2.75, 3.05) is 5.32 Å². The van der Waals surface area contributed by atoms with E-state index in [4.69, 9.17) is 0 Å². The number of hydrogen-bond acceptors (Lipinski definition) is 2. The number of anilines is 2. The highest BCUT2D eigenvalue weighted by molar-refractivity contribution is 7.99. The lowest BCUT2D eigenvalue weighted by Gasteiger charge is -2.22. The lowest BCUT2D eigenvalue weighted by Crippen LogP contribution is -2.00. The highest BCUT2D eigenvalue weighted by atomic mass is 32.2. The molecule has 1 nitrogen and oxygen atoms in total. The first-order valence-corrected chi connectivity index (χ1v) is 8.20. The average molecular weight is 299 g/mol. The van der Waals surface area contributed by atoms with E-state index < -0.39 is 0 Å². The highest BCUT2D eigenvalue weighted by Crippen LogP contribution is 2.47. The van der Waals surface area contributed by atoms with Crippen molar-refractivity contribution in [3.63, 3.8) is 0 Å². The Bertz CT molecular complexity index is 1040. The summed E-state index contributed by atoms with van der Waals surface area (Å²) in [7, 11) is 0. The second-order valence-electron chi connectivity index (χ2n) is 5.54. The van der Waals surface area contributed by atoms with Crippen LogP contribution in [0, 0.1) is 0 Å². The van der Waals surface area contributed by atoms with Crippen molar-refractivity contribution in [3.05, 3.63) is 72.8 Å². The zero-order valence-electron chi connectivity index (χ0n) is 11.8. The molecule has 0 bridgehead atoms. The molecule has 1 N–H and O–H groups in total. The van der Waals surface area contributed by atoms with E-state index in [1.54, 1.807) is 0 Å². The summed E-state index contributed by atoms with van der Waals surface area (Å²) in [6, 6.07) is 26.0. The van der Waals surface area contributed by atoms with Gasteiger partial charge in [-0.05, 0) is 34.4 Å². The SMILES string of the molecule is c1ccc2c(c1)Nc1c(ccc3c1ccc1ccccc13)S2. The molecular formula is C20H13NS. The standard InChI is InChI=1S/C20H13NS/c1-2-6-14-13(5-1)9-10-16-15(14)11-12-19-20(16)21-17-7-3-4-8-18(17)22-19/h1-12,21H. The van der Waals surface area contributed by atoms with Crippen LogP contribution in [0.5, 0.6) is 0 Å².